The predicted octanol–water partition coefficient (Wildman–Crippen LogP) is 2.68. The van der Waals surface area contributed by atoms with Gasteiger partial charge in [0.15, 0.2) is 0 Å². The lowest BCUT2D eigenvalue weighted by Crippen LogP contribution is -2.06. The van der Waals surface area contributed by atoms with Crippen LogP contribution in [-0.4, -0.2) is 12.1 Å². The van der Waals surface area contributed by atoms with E-state index in [0.717, 1.165) is 19.3 Å². The smallest absolute Gasteiger partial charge is 0.313 e. The zero-order valence-corrected chi connectivity index (χ0v) is 8.29. The Morgan fingerprint density at radius 2 is 2.38 bits per heavy atom. The third-order valence-electron chi connectivity index (χ3n) is 2.52. The van der Waals surface area contributed by atoms with Crippen LogP contribution in [0.3, 0.4) is 0 Å². The quantitative estimate of drug-likeness (QED) is 0.371. The first-order valence-electron chi connectivity index (χ1n) is 5.11. The van der Waals surface area contributed by atoms with Crippen molar-refractivity contribution in [2.45, 2.75) is 45.1 Å². The van der Waals surface area contributed by atoms with Crippen molar-refractivity contribution in [3.63, 3.8) is 0 Å². The van der Waals surface area contributed by atoms with Crippen LogP contribution in [0.1, 0.15) is 39.0 Å². The molecule has 0 bridgehead atoms. The van der Waals surface area contributed by atoms with Gasteiger partial charge >= 0.3 is 5.97 Å². The molecule has 0 amide bonds. The molecule has 1 saturated heterocycles. The van der Waals surface area contributed by atoms with Crippen molar-refractivity contribution in [2.75, 3.05) is 0 Å². The number of hydrogen-bond donors (Lipinski definition) is 0. The van der Waals surface area contributed by atoms with E-state index in [-0.39, 0.29) is 18.0 Å². The van der Waals surface area contributed by atoms with Gasteiger partial charge < -0.3 is 4.74 Å². The molecule has 0 spiro atoms. The second kappa shape index (κ2) is 5.05. The Kier molecular flexibility index (Phi) is 4.00. The monoisotopic (exact) mass is 182 g/mol. The fourth-order valence-corrected chi connectivity index (χ4v) is 1.67. The minimum absolute atomic E-state index is 0.0494. The maximum absolute atomic E-state index is 11.2. The van der Waals surface area contributed by atoms with Gasteiger partial charge in [0.2, 0.25) is 0 Å². The van der Waals surface area contributed by atoms with E-state index in [0.29, 0.717) is 0 Å². The Bertz CT molecular complexity index is 187. The summed E-state index contributed by atoms with van der Waals surface area (Å²) in [6, 6.07) is 0. The van der Waals surface area contributed by atoms with E-state index in [1.54, 1.807) is 6.08 Å². The molecule has 74 valence electrons. The largest absolute Gasteiger partial charge is 0.462 e. The molecule has 0 aromatic carbocycles. The zero-order valence-electron chi connectivity index (χ0n) is 8.29. The highest BCUT2D eigenvalue weighted by molar-refractivity contribution is 5.76. The molecule has 1 aliphatic heterocycles. The Hall–Kier alpha value is -0.790. The van der Waals surface area contributed by atoms with Crippen molar-refractivity contribution >= 4 is 5.97 Å². The molecule has 0 saturated carbocycles. The standard InChI is InChI=1S/C11H18O2/c1-3-5-6-7-10-8-9(4-2)11(12)13-10/h4,9-10H,2-3,5-8H2,1H3. The Morgan fingerprint density at radius 3 is 2.92 bits per heavy atom. The Labute approximate surface area is 80.0 Å². The highest BCUT2D eigenvalue weighted by Crippen LogP contribution is 2.25. The summed E-state index contributed by atoms with van der Waals surface area (Å²) in [6.45, 7) is 5.80. The lowest BCUT2D eigenvalue weighted by Gasteiger charge is -2.06. The molecule has 1 fully saturated rings. The minimum atomic E-state index is -0.0866. The highest BCUT2D eigenvalue weighted by atomic mass is 16.5. The van der Waals surface area contributed by atoms with Crippen LogP contribution in [0.2, 0.25) is 0 Å². The molecule has 2 heteroatoms. The average Bonchev–Trinajstić information content (AvgIpc) is 2.47. The van der Waals surface area contributed by atoms with Gasteiger partial charge in [-0.05, 0) is 12.8 Å². The number of carbonyl (C=O) groups excluding carboxylic acids is 1. The molecule has 1 aliphatic rings. The van der Waals surface area contributed by atoms with E-state index >= 15 is 0 Å². The van der Waals surface area contributed by atoms with Crippen LogP contribution in [0, 0.1) is 5.92 Å². The van der Waals surface area contributed by atoms with Crippen LogP contribution in [0.5, 0.6) is 0 Å². The second-order valence-electron chi connectivity index (χ2n) is 3.63. The molecule has 2 unspecified atom stereocenters. The third kappa shape index (κ3) is 2.87. The van der Waals surface area contributed by atoms with Crippen LogP contribution in [0.4, 0.5) is 0 Å². The highest BCUT2D eigenvalue weighted by Gasteiger charge is 2.31. The summed E-state index contributed by atoms with van der Waals surface area (Å²) in [7, 11) is 0. The number of carbonyl (C=O) groups is 1. The third-order valence-corrected chi connectivity index (χ3v) is 2.52. The van der Waals surface area contributed by atoms with Gasteiger partial charge in [-0.25, -0.2) is 0 Å². The molecule has 2 atom stereocenters. The van der Waals surface area contributed by atoms with E-state index in [2.05, 4.69) is 13.5 Å². The Morgan fingerprint density at radius 1 is 1.62 bits per heavy atom. The maximum Gasteiger partial charge on any atom is 0.313 e. The second-order valence-corrected chi connectivity index (χ2v) is 3.63. The van der Waals surface area contributed by atoms with Crippen LogP contribution >= 0.6 is 0 Å². The van der Waals surface area contributed by atoms with Gasteiger partial charge in [-0.1, -0.05) is 25.8 Å². The summed E-state index contributed by atoms with van der Waals surface area (Å²) in [5, 5.41) is 0. The van der Waals surface area contributed by atoms with Gasteiger partial charge in [-0.15, -0.1) is 6.58 Å². The lowest BCUT2D eigenvalue weighted by molar-refractivity contribution is -0.143. The van der Waals surface area contributed by atoms with E-state index in [1.165, 1.54) is 12.8 Å². The van der Waals surface area contributed by atoms with Crippen molar-refractivity contribution in [1.82, 2.24) is 0 Å². The summed E-state index contributed by atoms with van der Waals surface area (Å²) in [5.74, 6) is -0.136. The molecule has 0 aromatic heterocycles. The van der Waals surface area contributed by atoms with Gasteiger partial charge in [0.25, 0.3) is 0 Å². The molecular formula is C11H18O2. The zero-order chi connectivity index (χ0) is 9.68. The van der Waals surface area contributed by atoms with Crippen molar-refractivity contribution in [3.05, 3.63) is 12.7 Å². The summed E-state index contributed by atoms with van der Waals surface area (Å²) >= 11 is 0. The summed E-state index contributed by atoms with van der Waals surface area (Å²) in [5.41, 5.74) is 0. The Balaban J connectivity index is 2.23. The van der Waals surface area contributed by atoms with E-state index in [4.69, 9.17) is 4.74 Å². The molecule has 0 aromatic rings. The molecule has 1 heterocycles. The van der Waals surface area contributed by atoms with Crippen LogP contribution in [-0.2, 0) is 9.53 Å². The van der Waals surface area contributed by atoms with Crippen molar-refractivity contribution in [3.8, 4) is 0 Å². The number of rotatable bonds is 5. The molecule has 1 rings (SSSR count). The van der Waals surface area contributed by atoms with Crippen LogP contribution in [0.25, 0.3) is 0 Å². The maximum atomic E-state index is 11.2. The normalized spacial score (nSPS) is 27.3. The van der Waals surface area contributed by atoms with Crippen molar-refractivity contribution < 1.29 is 9.53 Å². The van der Waals surface area contributed by atoms with E-state index < -0.39 is 0 Å². The first-order valence-corrected chi connectivity index (χ1v) is 5.11. The van der Waals surface area contributed by atoms with Crippen molar-refractivity contribution in [1.29, 1.82) is 0 Å². The number of cyclic esters (lactones) is 1. The average molecular weight is 182 g/mol. The predicted molar refractivity (Wildman–Crippen MR) is 52.3 cm³/mol. The van der Waals surface area contributed by atoms with Gasteiger partial charge in [0.05, 0.1) is 5.92 Å². The lowest BCUT2D eigenvalue weighted by atomic mass is 10.0. The fraction of sp³-hybridized carbons (Fsp3) is 0.727. The molecule has 0 N–H and O–H groups in total. The summed E-state index contributed by atoms with van der Waals surface area (Å²) in [6.07, 6.45) is 7.32. The van der Waals surface area contributed by atoms with Crippen LogP contribution in [0.15, 0.2) is 12.7 Å². The molecule has 0 aliphatic carbocycles. The van der Waals surface area contributed by atoms with Crippen LogP contribution < -0.4 is 0 Å². The molecular weight excluding hydrogens is 164 g/mol. The number of hydrogen-bond acceptors (Lipinski definition) is 2. The van der Waals surface area contributed by atoms with Gasteiger partial charge in [-0.3, -0.25) is 4.79 Å². The topological polar surface area (TPSA) is 26.3 Å². The molecule has 2 nitrogen and oxygen atoms in total. The van der Waals surface area contributed by atoms with Gasteiger partial charge in [-0.2, -0.15) is 0 Å². The van der Waals surface area contributed by atoms with Gasteiger partial charge in [0.1, 0.15) is 6.10 Å². The first kappa shape index (κ1) is 10.3. The minimum Gasteiger partial charge on any atom is -0.462 e. The number of ether oxygens (including phenoxy) is 1. The molecule has 13 heavy (non-hydrogen) atoms. The summed E-state index contributed by atoms with van der Waals surface area (Å²) in [4.78, 5) is 11.2. The molecule has 0 radical (unpaired) electrons. The number of esters is 1. The summed E-state index contributed by atoms with van der Waals surface area (Å²) < 4.78 is 5.20. The van der Waals surface area contributed by atoms with E-state index in [9.17, 15) is 4.79 Å². The van der Waals surface area contributed by atoms with E-state index in [1.807, 2.05) is 0 Å². The fourth-order valence-electron chi connectivity index (χ4n) is 1.67. The van der Waals surface area contributed by atoms with Crippen molar-refractivity contribution in [2.24, 2.45) is 5.92 Å². The van der Waals surface area contributed by atoms with Gasteiger partial charge in [0, 0.05) is 6.42 Å². The number of unbranched alkanes of at least 4 members (excludes halogenated alkanes) is 2. The first-order chi connectivity index (χ1) is 6.27. The SMILES string of the molecule is C=CC1CC(CCCCC)OC1=O.